The van der Waals surface area contributed by atoms with E-state index in [0.717, 1.165) is 17.1 Å². The molecule has 0 aliphatic carbocycles. The summed E-state index contributed by atoms with van der Waals surface area (Å²) < 4.78 is 0. The smallest absolute Gasteiger partial charge is 0.254 e. The number of benzene rings is 1. The molecule has 0 amide bonds. The lowest BCUT2D eigenvalue weighted by atomic mass is 10.3. The summed E-state index contributed by atoms with van der Waals surface area (Å²) in [4.78, 5) is 25.1. The summed E-state index contributed by atoms with van der Waals surface area (Å²) in [5.74, 6) is 0.772. The molecular weight excluding hydrogens is 232 g/mol. The van der Waals surface area contributed by atoms with E-state index in [4.69, 9.17) is 0 Å². The molecule has 2 aromatic heterocycles. The minimum atomic E-state index is -0.381. The maximum Gasteiger partial charge on any atom is 0.254 e. The van der Waals surface area contributed by atoms with E-state index in [0.29, 0.717) is 18.1 Å². The zero-order valence-electron chi connectivity index (χ0n) is 9.34. The normalized spacial score (nSPS) is 10.9. The molecule has 0 aliphatic heterocycles. The Labute approximate surface area is 101 Å². The number of hydrogen-bond acceptors (Lipinski definition) is 4. The van der Waals surface area contributed by atoms with E-state index in [1.165, 1.54) is 0 Å². The number of nitrogens with zero attached hydrogens (tertiary/aromatic N) is 2. The molecule has 0 atom stereocenters. The van der Waals surface area contributed by atoms with Gasteiger partial charge in [-0.1, -0.05) is 12.1 Å². The van der Waals surface area contributed by atoms with Crippen molar-refractivity contribution < 1.29 is 5.11 Å². The Kier molecular flexibility index (Phi) is 2.33. The SMILES string of the molecule is O=c1cc(O)nc(Cc2nc3ccccc3[nH]2)[nH]1. The van der Waals surface area contributed by atoms with Crippen LogP contribution in [0, 0.1) is 0 Å². The number of aromatic amines is 2. The van der Waals surface area contributed by atoms with Gasteiger partial charge in [-0.3, -0.25) is 4.79 Å². The molecule has 18 heavy (non-hydrogen) atoms. The van der Waals surface area contributed by atoms with Crippen LogP contribution in [0.1, 0.15) is 11.6 Å². The highest BCUT2D eigenvalue weighted by Gasteiger charge is 2.06. The highest BCUT2D eigenvalue weighted by atomic mass is 16.3. The van der Waals surface area contributed by atoms with Crippen molar-refractivity contribution in [3.63, 3.8) is 0 Å². The van der Waals surface area contributed by atoms with Crippen LogP contribution in [0.3, 0.4) is 0 Å². The van der Waals surface area contributed by atoms with Crippen LogP contribution in [0.25, 0.3) is 11.0 Å². The molecule has 6 heteroatoms. The Hall–Kier alpha value is -2.63. The standard InChI is InChI=1S/C12H10N4O2/c17-11-6-12(18)16-10(15-11)5-9-13-7-3-1-2-4-8(7)14-9/h1-4,6H,5H2,(H,13,14)(H2,15,16,17,18). The molecule has 0 spiro atoms. The summed E-state index contributed by atoms with van der Waals surface area (Å²) in [5.41, 5.74) is 1.40. The molecule has 1 aromatic carbocycles. The molecule has 3 rings (SSSR count). The molecule has 0 unspecified atom stereocenters. The van der Waals surface area contributed by atoms with Crippen LogP contribution in [-0.4, -0.2) is 25.0 Å². The monoisotopic (exact) mass is 242 g/mol. The number of fused-ring (bicyclic) bond motifs is 1. The fourth-order valence-corrected chi connectivity index (χ4v) is 1.83. The van der Waals surface area contributed by atoms with Crippen molar-refractivity contribution in [2.75, 3.05) is 0 Å². The van der Waals surface area contributed by atoms with Crippen LogP contribution in [0.4, 0.5) is 0 Å². The van der Waals surface area contributed by atoms with Crippen molar-refractivity contribution in [3.05, 3.63) is 52.3 Å². The quantitative estimate of drug-likeness (QED) is 0.623. The second-order valence-corrected chi connectivity index (χ2v) is 3.93. The highest BCUT2D eigenvalue weighted by molar-refractivity contribution is 5.74. The fourth-order valence-electron chi connectivity index (χ4n) is 1.83. The first-order chi connectivity index (χ1) is 8.70. The Morgan fingerprint density at radius 1 is 1.11 bits per heavy atom. The number of imidazole rings is 1. The zero-order chi connectivity index (χ0) is 12.5. The van der Waals surface area contributed by atoms with Crippen molar-refractivity contribution >= 4 is 11.0 Å². The highest BCUT2D eigenvalue weighted by Crippen LogP contribution is 2.12. The molecule has 0 fully saturated rings. The van der Waals surface area contributed by atoms with Gasteiger partial charge in [0, 0.05) is 0 Å². The minimum absolute atomic E-state index is 0.287. The van der Waals surface area contributed by atoms with E-state index in [1.54, 1.807) is 0 Å². The van der Waals surface area contributed by atoms with Gasteiger partial charge < -0.3 is 15.1 Å². The van der Waals surface area contributed by atoms with Crippen LogP contribution < -0.4 is 5.56 Å². The van der Waals surface area contributed by atoms with Gasteiger partial charge in [-0.2, -0.15) is 4.98 Å². The lowest BCUT2D eigenvalue weighted by Gasteiger charge is -1.97. The molecule has 2 heterocycles. The van der Waals surface area contributed by atoms with E-state index < -0.39 is 0 Å². The van der Waals surface area contributed by atoms with Crippen LogP contribution >= 0.6 is 0 Å². The lowest BCUT2D eigenvalue weighted by Crippen LogP contribution is -2.10. The van der Waals surface area contributed by atoms with Crippen LogP contribution in [-0.2, 0) is 6.42 Å². The molecule has 90 valence electrons. The van der Waals surface area contributed by atoms with Gasteiger partial charge in [0.1, 0.15) is 11.6 Å². The van der Waals surface area contributed by atoms with Gasteiger partial charge in [-0.25, -0.2) is 4.98 Å². The Morgan fingerprint density at radius 2 is 1.89 bits per heavy atom. The second-order valence-electron chi connectivity index (χ2n) is 3.93. The van der Waals surface area contributed by atoms with Gasteiger partial charge in [0.05, 0.1) is 23.5 Å². The Balaban J connectivity index is 1.98. The number of para-hydroxylation sites is 2. The maximum absolute atomic E-state index is 11.2. The third-order valence-corrected chi connectivity index (χ3v) is 2.55. The predicted octanol–water partition coefficient (Wildman–Crippen LogP) is 0.943. The number of aromatic hydroxyl groups is 1. The molecule has 0 aliphatic rings. The largest absolute Gasteiger partial charge is 0.493 e. The van der Waals surface area contributed by atoms with E-state index in [-0.39, 0.29) is 11.4 Å². The average molecular weight is 242 g/mol. The van der Waals surface area contributed by atoms with Gasteiger partial charge in [0.25, 0.3) is 5.56 Å². The van der Waals surface area contributed by atoms with Crippen LogP contribution in [0.15, 0.2) is 35.1 Å². The summed E-state index contributed by atoms with van der Waals surface area (Å²) >= 11 is 0. The number of nitrogens with one attached hydrogen (secondary N) is 2. The molecule has 3 N–H and O–H groups in total. The Bertz CT molecular complexity index is 727. The van der Waals surface area contributed by atoms with Crippen molar-refractivity contribution in [2.45, 2.75) is 6.42 Å². The van der Waals surface area contributed by atoms with E-state index >= 15 is 0 Å². The van der Waals surface area contributed by atoms with Gasteiger partial charge in [-0.15, -0.1) is 0 Å². The number of hydrogen-bond donors (Lipinski definition) is 3. The van der Waals surface area contributed by atoms with E-state index in [9.17, 15) is 9.90 Å². The molecule has 0 bridgehead atoms. The van der Waals surface area contributed by atoms with Crippen molar-refractivity contribution in [1.29, 1.82) is 0 Å². The summed E-state index contributed by atoms with van der Waals surface area (Å²) in [7, 11) is 0. The van der Waals surface area contributed by atoms with Crippen molar-refractivity contribution in [2.24, 2.45) is 0 Å². The van der Waals surface area contributed by atoms with E-state index in [1.807, 2.05) is 24.3 Å². The van der Waals surface area contributed by atoms with Gasteiger partial charge in [-0.05, 0) is 12.1 Å². The third kappa shape index (κ3) is 1.95. The van der Waals surface area contributed by atoms with Crippen molar-refractivity contribution in [3.8, 4) is 5.88 Å². The summed E-state index contributed by atoms with van der Waals surface area (Å²) in [6.45, 7) is 0. The number of rotatable bonds is 2. The van der Waals surface area contributed by atoms with E-state index in [2.05, 4.69) is 19.9 Å². The third-order valence-electron chi connectivity index (χ3n) is 2.55. The average Bonchev–Trinajstić information content (AvgIpc) is 2.69. The van der Waals surface area contributed by atoms with Gasteiger partial charge in [0.15, 0.2) is 0 Å². The van der Waals surface area contributed by atoms with Gasteiger partial charge >= 0.3 is 0 Å². The van der Waals surface area contributed by atoms with Crippen molar-refractivity contribution in [1.82, 2.24) is 19.9 Å². The van der Waals surface area contributed by atoms with Gasteiger partial charge in [0.2, 0.25) is 5.88 Å². The first kappa shape index (κ1) is 10.5. The summed E-state index contributed by atoms with van der Waals surface area (Å²) in [6, 6.07) is 8.67. The molecule has 0 saturated heterocycles. The lowest BCUT2D eigenvalue weighted by molar-refractivity contribution is 0.448. The first-order valence-corrected chi connectivity index (χ1v) is 5.43. The molecule has 3 aromatic rings. The minimum Gasteiger partial charge on any atom is -0.493 e. The predicted molar refractivity (Wildman–Crippen MR) is 65.4 cm³/mol. The fraction of sp³-hybridized carbons (Fsp3) is 0.0833. The number of H-pyrrole nitrogens is 2. The summed E-state index contributed by atoms with van der Waals surface area (Å²) in [5, 5.41) is 9.25. The molecule has 0 saturated carbocycles. The zero-order valence-corrected chi connectivity index (χ0v) is 9.34. The summed E-state index contributed by atoms with van der Waals surface area (Å²) in [6.07, 6.45) is 0.332. The van der Waals surface area contributed by atoms with Crippen LogP contribution in [0.5, 0.6) is 5.88 Å². The maximum atomic E-state index is 11.2. The number of aromatic nitrogens is 4. The first-order valence-electron chi connectivity index (χ1n) is 5.43. The Morgan fingerprint density at radius 3 is 2.67 bits per heavy atom. The second kappa shape index (κ2) is 3.99. The van der Waals surface area contributed by atoms with Crippen LogP contribution in [0.2, 0.25) is 0 Å². The molecule has 6 nitrogen and oxygen atoms in total. The molecular formula is C12H10N4O2. The molecule has 0 radical (unpaired) electrons. The topological polar surface area (TPSA) is 94.7 Å².